The van der Waals surface area contributed by atoms with Crippen LogP contribution in [0.2, 0.25) is 0 Å². The predicted octanol–water partition coefficient (Wildman–Crippen LogP) is 0.851. The van der Waals surface area contributed by atoms with Gasteiger partial charge in [0.05, 0.1) is 19.0 Å². The molecule has 0 saturated carbocycles. The van der Waals surface area contributed by atoms with Crippen LogP contribution in [0.15, 0.2) is 43.0 Å². The molecule has 3 heterocycles. The smallest absolute Gasteiger partial charge is 0.404 e. The number of aliphatic hydroxyl groups is 1. The first kappa shape index (κ1) is 24.0. The third-order valence-corrected chi connectivity index (χ3v) is 6.06. The Morgan fingerprint density at radius 1 is 1.26 bits per heavy atom. The maximum absolute atomic E-state index is 12.4. The summed E-state index contributed by atoms with van der Waals surface area (Å²) in [5.41, 5.74) is 0.904. The predicted molar refractivity (Wildman–Crippen MR) is 120 cm³/mol. The maximum atomic E-state index is 12.4. The zero-order chi connectivity index (χ0) is 24.5. The average molecular weight is 492 g/mol. The molecule has 1 unspecified atom stereocenters. The van der Waals surface area contributed by atoms with Crippen molar-refractivity contribution in [3.8, 4) is 5.75 Å². The number of carbonyl (C=O) groups is 1. The van der Waals surface area contributed by atoms with Crippen LogP contribution < -0.4 is 14.7 Å². The van der Waals surface area contributed by atoms with Crippen molar-refractivity contribution in [1.29, 1.82) is 0 Å². The summed E-state index contributed by atoms with van der Waals surface area (Å²) in [4.78, 5) is 36.5. The standard InChI is InChI=1S/C20H25N6O7P/c1-12(27)24-15-14(9-31-34(29,30)33-13-7-5-4-6-8-13)32-20(17(15)28)26-11-23-16-18(25(2)3)21-10-22-19(16)26/h4-8,10-11,14-15,17,20,28H,9H2,1-3H3,(H,24,27)(H,29,30)/t14-,15-,17-,20-/m1/s1. The Labute approximate surface area is 194 Å². The fraction of sp³-hybridized carbons (Fsp3) is 0.400. The quantitative estimate of drug-likeness (QED) is 0.382. The van der Waals surface area contributed by atoms with Crippen LogP contribution in [0.25, 0.3) is 11.2 Å². The molecule has 1 aliphatic rings. The van der Waals surface area contributed by atoms with Crippen LogP contribution in [0, 0.1) is 0 Å². The number of carbonyl (C=O) groups excluding carboxylic acids is 1. The van der Waals surface area contributed by atoms with Gasteiger partial charge in [-0.25, -0.2) is 19.5 Å². The van der Waals surface area contributed by atoms with Gasteiger partial charge in [-0.1, -0.05) is 18.2 Å². The third-order valence-electron chi connectivity index (χ3n) is 5.15. The van der Waals surface area contributed by atoms with Gasteiger partial charge in [0.15, 0.2) is 23.2 Å². The summed E-state index contributed by atoms with van der Waals surface area (Å²) in [6.45, 7) is 0.848. The summed E-state index contributed by atoms with van der Waals surface area (Å²) in [7, 11) is -0.879. The van der Waals surface area contributed by atoms with Crippen molar-refractivity contribution < 1.29 is 33.1 Å². The van der Waals surface area contributed by atoms with Crippen LogP contribution in [0.1, 0.15) is 13.2 Å². The van der Waals surface area contributed by atoms with Gasteiger partial charge in [0.2, 0.25) is 5.91 Å². The summed E-state index contributed by atoms with van der Waals surface area (Å²) in [5, 5.41) is 13.6. The minimum absolute atomic E-state index is 0.151. The topological polar surface area (TPSA) is 161 Å². The minimum Gasteiger partial charge on any atom is -0.404 e. The number of hydrogen-bond acceptors (Lipinski definition) is 10. The second-order valence-corrected chi connectivity index (χ2v) is 9.24. The highest BCUT2D eigenvalue weighted by molar-refractivity contribution is 7.47. The van der Waals surface area contributed by atoms with E-state index in [2.05, 4.69) is 20.3 Å². The van der Waals surface area contributed by atoms with E-state index >= 15 is 0 Å². The number of nitrogens with zero attached hydrogens (tertiary/aromatic N) is 5. The second kappa shape index (κ2) is 9.65. The SMILES string of the molecule is CC(=O)N[C@H]1[C@@H](O)[C@H](n2cnc3c(N(C)C)ncnc32)O[C@@H]1COP(=O)(O)Oc1ccccc1. The van der Waals surface area contributed by atoms with E-state index < -0.39 is 44.8 Å². The first-order chi connectivity index (χ1) is 16.2. The average Bonchev–Trinajstić information content (AvgIpc) is 3.33. The molecule has 0 bridgehead atoms. The molecule has 3 aromatic rings. The molecule has 5 atom stereocenters. The molecule has 1 amide bonds. The molecule has 13 nitrogen and oxygen atoms in total. The van der Waals surface area contributed by atoms with Crippen molar-refractivity contribution in [3.05, 3.63) is 43.0 Å². The number of phosphoric acid groups is 1. The Bertz CT molecular complexity index is 1210. The number of aliphatic hydroxyl groups excluding tert-OH is 1. The largest absolute Gasteiger partial charge is 0.527 e. The first-order valence-corrected chi connectivity index (χ1v) is 11.8. The number of imidazole rings is 1. The highest BCUT2D eigenvalue weighted by Gasteiger charge is 2.47. The lowest BCUT2D eigenvalue weighted by atomic mass is 10.1. The molecule has 1 fully saturated rings. The normalized spacial score (nSPS) is 24.0. The molecule has 4 rings (SSSR count). The molecule has 1 saturated heterocycles. The molecular weight excluding hydrogens is 467 g/mol. The van der Waals surface area contributed by atoms with Gasteiger partial charge in [-0.2, -0.15) is 0 Å². The highest BCUT2D eigenvalue weighted by Crippen LogP contribution is 2.45. The monoisotopic (exact) mass is 492 g/mol. The Hall–Kier alpha value is -3.09. The molecule has 0 spiro atoms. The van der Waals surface area contributed by atoms with Crippen molar-refractivity contribution >= 4 is 30.7 Å². The van der Waals surface area contributed by atoms with E-state index in [4.69, 9.17) is 13.8 Å². The number of nitrogens with one attached hydrogen (secondary N) is 1. The Morgan fingerprint density at radius 2 is 2.00 bits per heavy atom. The van der Waals surface area contributed by atoms with Gasteiger partial charge < -0.3 is 24.6 Å². The van der Waals surface area contributed by atoms with Crippen LogP contribution in [0.3, 0.4) is 0 Å². The third kappa shape index (κ3) is 5.03. The minimum atomic E-state index is -4.50. The number of benzene rings is 1. The van der Waals surface area contributed by atoms with Gasteiger partial charge in [0.1, 0.15) is 24.3 Å². The van der Waals surface area contributed by atoms with Crippen LogP contribution >= 0.6 is 7.82 Å². The van der Waals surface area contributed by atoms with Crippen molar-refractivity contribution in [2.75, 3.05) is 25.6 Å². The number of amides is 1. The molecule has 3 N–H and O–H groups in total. The summed E-state index contributed by atoms with van der Waals surface area (Å²) >= 11 is 0. The first-order valence-electron chi connectivity index (χ1n) is 10.3. The van der Waals surface area contributed by atoms with E-state index in [1.807, 2.05) is 14.1 Å². The molecule has 1 aliphatic heterocycles. The van der Waals surface area contributed by atoms with E-state index in [1.54, 1.807) is 23.1 Å². The van der Waals surface area contributed by atoms with Gasteiger partial charge in [-0.3, -0.25) is 18.8 Å². The molecule has 0 aliphatic carbocycles. The van der Waals surface area contributed by atoms with Gasteiger partial charge >= 0.3 is 7.82 Å². The van der Waals surface area contributed by atoms with E-state index in [0.29, 0.717) is 17.0 Å². The Balaban J connectivity index is 1.55. The second-order valence-electron chi connectivity index (χ2n) is 7.87. The molecule has 1 aromatic carbocycles. The Morgan fingerprint density at radius 3 is 2.68 bits per heavy atom. The molecular formula is C20H25N6O7P. The van der Waals surface area contributed by atoms with Crippen LogP contribution in [0.5, 0.6) is 5.75 Å². The summed E-state index contributed by atoms with van der Waals surface area (Å²) in [6.07, 6.45) is -0.402. The number of fused-ring (bicyclic) bond motifs is 1. The fourth-order valence-electron chi connectivity index (χ4n) is 3.69. The van der Waals surface area contributed by atoms with Crippen molar-refractivity contribution in [1.82, 2.24) is 24.8 Å². The number of ether oxygens (including phenoxy) is 1. The number of para-hydroxylation sites is 1. The Kier molecular flexibility index (Phi) is 6.82. The van der Waals surface area contributed by atoms with Crippen molar-refractivity contribution in [2.24, 2.45) is 0 Å². The van der Waals surface area contributed by atoms with E-state index in [0.717, 1.165) is 0 Å². The molecule has 34 heavy (non-hydrogen) atoms. The fourth-order valence-corrected chi connectivity index (χ4v) is 4.47. The molecule has 182 valence electrons. The van der Waals surface area contributed by atoms with Crippen LogP contribution in [0.4, 0.5) is 5.82 Å². The summed E-state index contributed by atoms with van der Waals surface area (Å²) in [6, 6.07) is 7.09. The number of rotatable bonds is 8. The zero-order valence-corrected chi connectivity index (χ0v) is 19.6. The number of aromatic nitrogens is 4. The van der Waals surface area contributed by atoms with E-state index in [9.17, 15) is 19.4 Å². The van der Waals surface area contributed by atoms with Crippen LogP contribution in [-0.4, -0.2) is 74.4 Å². The number of anilines is 1. The number of hydrogen-bond donors (Lipinski definition) is 3. The van der Waals surface area contributed by atoms with Crippen LogP contribution in [-0.2, 0) is 18.6 Å². The zero-order valence-electron chi connectivity index (χ0n) is 18.7. The summed E-state index contributed by atoms with van der Waals surface area (Å²) in [5.74, 6) is 0.311. The highest BCUT2D eigenvalue weighted by atomic mass is 31.2. The van der Waals surface area contributed by atoms with Gasteiger partial charge in [-0.05, 0) is 12.1 Å². The lowest BCUT2D eigenvalue weighted by Gasteiger charge is -2.21. The van der Waals surface area contributed by atoms with Crippen molar-refractivity contribution in [3.63, 3.8) is 0 Å². The number of phosphoric ester groups is 1. The lowest BCUT2D eigenvalue weighted by Crippen LogP contribution is -2.47. The molecule has 0 radical (unpaired) electrons. The van der Waals surface area contributed by atoms with Crippen molar-refractivity contribution in [2.45, 2.75) is 31.4 Å². The van der Waals surface area contributed by atoms with Gasteiger partial charge in [0, 0.05) is 21.0 Å². The summed E-state index contributed by atoms with van der Waals surface area (Å²) < 4.78 is 30.0. The van der Waals surface area contributed by atoms with E-state index in [-0.39, 0.29) is 5.75 Å². The van der Waals surface area contributed by atoms with Gasteiger partial charge in [0.25, 0.3) is 0 Å². The lowest BCUT2D eigenvalue weighted by molar-refractivity contribution is -0.120. The molecule has 14 heteroatoms. The maximum Gasteiger partial charge on any atom is 0.527 e. The molecule has 2 aromatic heterocycles. The van der Waals surface area contributed by atoms with Gasteiger partial charge in [-0.15, -0.1) is 0 Å². The van der Waals surface area contributed by atoms with E-state index in [1.165, 1.54) is 36.3 Å².